The van der Waals surface area contributed by atoms with Gasteiger partial charge in [-0.05, 0) is 19.1 Å². The predicted octanol–water partition coefficient (Wildman–Crippen LogP) is 1.68. The molecular formula is C14H17FN2O3. The summed E-state index contributed by atoms with van der Waals surface area (Å²) in [6, 6.07) is 3.35. The van der Waals surface area contributed by atoms with E-state index in [-0.39, 0.29) is 25.5 Å². The average molecular weight is 280 g/mol. The van der Waals surface area contributed by atoms with Crippen LogP contribution in [-0.2, 0) is 0 Å². The number of terminal acetylenes is 1. The summed E-state index contributed by atoms with van der Waals surface area (Å²) < 4.78 is 18.4. The standard InChI is InChI=1S/C14H17FN2O3/c1-3-9-20-13-10-11(15)5-6-12(13)16-14(19)17(4-2)7-8-18/h1,5-6,10,18H,4,7-9H2,2H3,(H,16,19). The number of urea groups is 1. The lowest BCUT2D eigenvalue weighted by atomic mass is 10.3. The lowest BCUT2D eigenvalue weighted by Gasteiger charge is -2.21. The number of aliphatic hydroxyl groups is 1. The van der Waals surface area contributed by atoms with Crippen LogP contribution in [0, 0.1) is 18.2 Å². The number of nitrogens with zero attached hydrogens (tertiary/aromatic N) is 1. The van der Waals surface area contributed by atoms with Crippen LogP contribution < -0.4 is 10.1 Å². The van der Waals surface area contributed by atoms with Gasteiger partial charge in [0.05, 0.1) is 12.3 Å². The molecule has 0 saturated heterocycles. The van der Waals surface area contributed by atoms with Crippen LogP contribution in [0.25, 0.3) is 0 Å². The summed E-state index contributed by atoms with van der Waals surface area (Å²) in [6.45, 7) is 2.28. The Morgan fingerprint density at radius 2 is 2.35 bits per heavy atom. The molecule has 0 saturated carbocycles. The van der Waals surface area contributed by atoms with Gasteiger partial charge in [-0.3, -0.25) is 0 Å². The number of rotatable bonds is 6. The summed E-state index contributed by atoms with van der Waals surface area (Å²) in [5, 5.41) is 11.5. The van der Waals surface area contributed by atoms with Crippen molar-refractivity contribution < 1.29 is 19.0 Å². The molecule has 2 N–H and O–H groups in total. The Labute approximate surface area is 117 Å². The maximum absolute atomic E-state index is 13.2. The fourth-order valence-corrected chi connectivity index (χ4v) is 1.56. The SMILES string of the molecule is C#CCOc1cc(F)ccc1NC(=O)N(CC)CCO. The van der Waals surface area contributed by atoms with E-state index in [0.29, 0.717) is 12.2 Å². The third-order valence-electron chi connectivity index (χ3n) is 2.54. The fraction of sp³-hybridized carbons (Fsp3) is 0.357. The van der Waals surface area contributed by atoms with Crippen molar-refractivity contribution in [3.05, 3.63) is 24.0 Å². The van der Waals surface area contributed by atoms with Crippen molar-refractivity contribution in [2.45, 2.75) is 6.92 Å². The van der Waals surface area contributed by atoms with Crippen molar-refractivity contribution >= 4 is 11.7 Å². The largest absolute Gasteiger partial charge is 0.479 e. The fourth-order valence-electron chi connectivity index (χ4n) is 1.56. The summed E-state index contributed by atoms with van der Waals surface area (Å²) in [6.07, 6.45) is 5.08. The van der Waals surface area contributed by atoms with Gasteiger partial charge in [-0.2, -0.15) is 0 Å². The van der Waals surface area contributed by atoms with Crippen LogP contribution in [0.4, 0.5) is 14.9 Å². The molecule has 0 aliphatic rings. The van der Waals surface area contributed by atoms with Gasteiger partial charge in [0, 0.05) is 19.2 Å². The highest BCUT2D eigenvalue weighted by atomic mass is 19.1. The van der Waals surface area contributed by atoms with Gasteiger partial charge in [-0.15, -0.1) is 6.42 Å². The molecule has 0 aromatic heterocycles. The highest BCUT2D eigenvalue weighted by molar-refractivity contribution is 5.91. The van der Waals surface area contributed by atoms with Gasteiger partial charge in [0.2, 0.25) is 0 Å². The molecule has 20 heavy (non-hydrogen) atoms. The third kappa shape index (κ3) is 4.44. The quantitative estimate of drug-likeness (QED) is 0.779. The lowest BCUT2D eigenvalue weighted by molar-refractivity contribution is 0.192. The van der Waals surface area contributed by atoms with E-state index in [0.717, 1.165) is 6.07 Å². The number of anilines is 1. The van der Waals surface area contributed by atoms with Gasteiger partial charge in [0.15, 0.2) is 0 Å². The Morgan fingerprint density at radius 1 is 1.60 bits per heavy atom. The summed E-state index contributed by atoms with van der Waals surface area (Å²) in [4.78, 5) is 13.4. The Balaban J connectivity index is 2.85. The van der Waals surface area contributed by atoms with E-state index in [9.17, 15) is 9.18 Å². The number of hydrogen-bond acceptors (Lipinski definition) is 3. The molecule has 6 heteroatoms. The summed E-state index contributed by atoms with van der Waals surface area (Å²) in [5.41, 5.74) is 0.322. The van der Waals surface area contributed by atoms with Crippen molar-refractivity contribution in [1.82, 2.24) is 4.90 Å². The van der Waals surface area contributed by atoms with Gasteiger partial charge in [-0.25, -0.2) is 9.18 Å². The molecular weight excluding hydrogens is 263 g/mol. The first kappa shape index (κ1) is 15.8. The number of nitrogens with one attached hydrogen (secondary N) is 1. The van der Waals surface area contributed by atoms with Crippen molar-refractivity contribution in [2.24, 2.45) is 0 Å². The Bertz CT molecular complexity index is 500. The number of benzene rings is 1. The van der Waals surface area contributed by atoms with Crippen molar-refractivity contribution in [3.63, 3.8) is 0 Å². The van der Waals surface area contributed by atoms with Crippen LogP contribution in [0.2, 0.25) is 0 Å². The molecule has 0 bridgehead atoms. The lowest BCUT2D eigenvalue weighted by Crippen LogP contribution is -2.36. The monoisotopic (exact) mass is 280 g/mol. The normalized spacial score (nSPS) is 9.70. The van der Waals surface area contributed by atoms with Gasteiger partial charge in [0.25, 0.3) is 0 Å². The second-order valence-electron chi connectivity index (χ2n) is 3.87. The minimum absolute atomic E-state index is 0.0273. The Hall–Kier alpha value is -2.26. The maximum Gasteiger partial charge on any atom is 0.322 e. The first-order valence-corrected chi connectivity index (χ1v) is 6.15. The zero-order valence-electron chi connectivity index (χ0n) is 11.2. The second-order valence-corrected chi connectivity index (χ2v) is 3.87. The molecule has 0 aliphatic carbocycles. The molecule has 1 aromatic rings. The van der Waals surface area contributed by atoms with Gasteiger partial charge >= 0.3 is 6.03 Å². The minimum Gasteiger partial charge on any atom is -0.479 e. The van der Waals surface area contributed by atoms with Gasteiger partial charge < -0.3 is 20.1 Å². The third-order valence-corrected chi connectivity index (χ3v) is 2.54. The van der Waals surface area contributed by atoms with E-state index in [1.165, 1.54) is 17.0 Å². The van der Waals surface area contributed by atoms with Gasteiger partial charge in [0.1, 0.15) is 18.2 Å². The number of hydrogen-bond donors (Lipinski definition) is 2. The number of amides is 2. The first-order valence-electron chi connectivity index (χ1n) is 6.15. The molecule has 1 aromatic carbocycles. The summed E-state index contributed by atoms with van der Waals surface area (Å²) in [5.74, 6) is 1.94. The molecule has 0 aliphatic heterocycles. The Kier molecular flexibility index (Phi) is 6.33. The minimum atomic E-state index is -0.488. The highest BCUT2D eigenvalue weighted by Gasteiger charge is 2.14. The molecule has 0 spiro atoms. The molecule has 0 atom stereocenters. The predicted molar refractivity (Wildman–Crippen MR) is 74.1 cm³/mol. The molecule has 0 heterocycles. The summed E-state index contributed by atoms with van der Waals surface area (Å²) >= 11 is 0. The highest BCUT2D eigenvalue weighted by Crippen LogP contribution is 2.25. The van der Waals surface area contributed by atoms with E-state index in [2.05, 4.69) is 11.2 Å². The van der Waals surface area contributed by atoms with Crippen LogP contribution in [0.5, 0.6) is 5.75 Å². The van der Waals surface area contributed by atoms with Crippen LogP contribution in [0.1, 0.15) is 6.92 Å². The van der Waals surface area contributed by atoms with E-state index in [1.807, 2.05) is 0 Å². The molecule has 2 amide bonds. The van der Waals surface area contributed by atoms with E-state index >= 15 is 0 Å². The molecule has 1 rings (SSSR count). The van der Waals surface area contributed by atoms with Crippen LogP contribution in [0.3, 0.4) is 0 Å². The van der Waals surface area contributed by atoms with Crippen LogP contribution >= 0.6 is 0 Å². The molecule has 108 valence electrons. The Morgan fingerprint density at radius 3 is 2.95 bits per heavy atom. The second kappa shape index (κ2) is 8.02. The number of carbonyl (C=O) groups is 1. The maximum atomic E-state index is 13.2. The number of likely N-dealkylation sites (N-methyl/N-ethyl adjacent to an activating group) is 1. The van der Waals surface area contributed by atoms with E-state index < -0.39 is 11.8 Å². The molecule has 0 unspecified atom stereocenters. The molecule has 0 fully saturated rings. The number of aliphatic hydroxyl groups excluding tert-OH is 1. The number of carbonyl (C=O) groups excluding carboxylic acids is 1. The molecule has 5 nitrogen and oxygen atoms in total. The van der Waals surface area contributed by atoms with Crippen molar-refractivity contribution in [3.8, 4) is 18.1 Å². The number of ether oxygens (including phenoxy) is 1. The zero-order valence-corrected chi connectivity index (χ0v) is 11.2. The van der Waals surface area contributed by atoms with Crippen LogP contribution in [0.15, 0.2) is 18.2 Å². The van der Waals surface area contributed by atoms with Crippen LogP contribution in [-0.4, -0.2) is 42.3 Å². The van der Waals surface area contributed by atoms with E-state index in [1.54, 1.807) is 6.92 Å². The number of halogens is 1. The average Bonchev–Trinajstić information content (AvgIpc) is 2.44. The zero-order chi connectivity index (χ0) is 15.0. The first-order chi connectivity index (χ1) is 9.62. The van der Waals surface area contributed by atoms with E-state index in [4.69, 9.17) is 16.3 Å². The smallest absolute Gasteiger partial charge is 0.322 e. The molecule has 0 radical (unpaired) electrons. The van der Waals surface area contributed by atoms with Crippen molar-refractivity contribution in [1.29, 1.82) is 0 Å². The van der Waals surface area contributed by atoms with Crippen molar-refractivity contribution in [2.75, 3.05) is 31.6 Å². The van der Waals surface area contributed by atoms with Gasteiger partial charge in [-0.1, -0.05) is 5.92 Å². The topological polar surface area (TPSA) is 61.8 Å². The summed E-state index contributed by atoms with van der Waals surface area (Å²) in [7, 11) is 0.